The van der Waals surface area contributed by atoms with Gasteiger partial charge in [-0.25, -0.2) is 0 Å². The summed E-state index contributed by atoms with van der Waals surface area (Å²) >= 11 is 1.54. The molecule has 5 rings (SSSR count). The predicted molar refractivity (Wildman–Crippen MR) is 126 cm³/mol. The second kappa shape index (κ2) is 8.80. The number of likely N-dealkylation sites (tertiary alicyclic amines) is 1. The van der Waals surface area contributed by atoms with E-state index < -0.39 is 5.60 Å². The molecule has 0 atom stereocenters. The first-order valence-corrected chi connectivity index (χ1v) is 12.3. The number of nitrogens with zero attached hydrogens (tertiary/aromatic N) is 3. The van der Waals surface area contributed by atoms with E-state index in [2.05, 4.69) is 49.8 Å². The molecular weight excluding hydrogens is 424 g/mol. The standard InChI is InChI=1S/C23H30N6O2S/c1-2-15-3-4-19-18(9-15)22(28-27-19)25-11-21(30)26-16-12-29(13-16)17-5-7-23(31,8-6-17)20-10-24-14-32-20/h3-4,9-10,14,16-17,31H,2,5-8,11-13H2,1H3,(H,26,30)(H2,25,27,28). The molecule has 0 spiro atoms. The molecule has 170 valence electrons. The molecule has 0 bridgehead atoms. The number of rotatable bonds is 7. The van der Waals surface area contributed by atoms with Gasteiger partial charge in [-0.15, -0.1) is 11.3 Å². The molecule has 0 unspecified atom stereocenters. The van der Waals surface area contributed by atoms with E-state index in [9.17, 15) is 9.90 Å². The molecule has 32 heavy (non-hydrogen) atoms. The summed E-state index contributed by atoms with van der Waals surface area (Å²) < 4.78 is 0. The Morgan fingerprint density at radius 3 is 2.88 bits per heavy atom. The van der Waals surface area contributed by atoms with Gasteiger partial charge in [0.2, 0.25) is 5.91 Å². The maximum atomic E-state index is 12.4. The number of hydrogen-bond acceptors (Lipinski definition) is 7. The third-order valence-corrected chi connectivity index (χ3v) is 7.88. The van der Waals surface area contributed by atoms with Crippen molar-refractivity contribution in [3.05, 3.63) is 40.3 Å². The van der Waals surface area contributed by atoms with E-state index >= 15 is 0 Å². The van der Waals surface area contributed by atoms with Crippen LogP contribution in [0.2, 0.25) is 0 Å². The molecule has 2 fully saturated rings. The summed E-state index contributed by atoms with van der Waals surface area (Å²) in [7, 11) is 0. The summed E-state index contributed by atoms with van der Waals surface area (Å²) in [6, 6.07) is 6.90. The molecule has 1 aliphatic carbocycles. The number of aryl methyl sites for hydroxylation is 1. The Labute approximate surface area is 191 Å². The maximum absolute atomic E-state index is 12.4. The number of hydrogen-bond donors (Lipinski definition) is 4. The molecule has 8 nitrogen and oxygen atoms in total. The number of nitrogens with one attached hydrogen (secondary N) is 3. The lowest BCUT2D eigenvalue weighted by Gasteiger charge is -2.48. The van der Waals surface area contributed by atoms with Gasteiger partial charge >= 0.3 is 0 Å². The number of aromatic amines is 1. The van der Waals surface area contributed by atoms with E-state index in [1.807, 2.05) is 6.07 Å². The number of aromatic nitrogens is 3. The van der Waals surface area contributed by atoms with E-state index in [0.717, 1.165) is 66.8 Å². The maximum Gasteiger partial charge on any atom is 0.239 e. The Kier molecular flexibility index (Phi) is 5.88. The number of H-pyrrole nitrogens is 1. The van der Waals surface area contributed by atoms with Crippen molar-refractivity contribution >= 4 is 34.0 Å². The number of carbonyl (C=O) groups excluding carboxylic acids is 1. The van der Waals surface area contributed by atoms with Crippen LogP contribution < -0.4 is 10.6 Å². The van der Waals surface area contributed by atoms with Gasteiger partial charge in [-0.2, -0.15) is 5.10 Å². The highest BCUT2D eigenvalue weighted by atomic mass is 32.1. The van der Waals surface area contributed by atoms with Gasteiger partial charge in [-0.3, -0.25) is 19.8 Å². The average Bonchev–Trinajstić information content (AvgIpc) is 3.46. The van der Waals surface area contributed by atoms with Gasteiger partial charge < -0.3 is 15.7 Å². The second-order valence-electron chi connectivity index (χ2n) is 9.01. The molecule has 1 aliphatic heterocycles. The summed E-state index contributed by atoms with van der Waals surface area (Å²) in [6.45, 7) is 4.08. The van der Waals surface area contributed by atoms with Crippen LogP contribution in [0.25, 0.3) is 10.9 Å². The highest BCUT2D eigenvalue weighted by Crippen LogP contribution is 2.40. The lowest BCUT2D eigenvalue weighted by Crippen LogP contribution is -2.63. The first-order valence-electron chi connectivity index (χ1n) is 11.4. The van der Waals surface area contributed by atoms with Crippen LogP contribution in [-0.2, 0) is 16.8 Å². The van der Waals surface area contributed by atoms with Crippen LogP contribution in [0.5, 0.6) is 0 Å². The predicted octanol–water partition coefficient (Wildman–Crippen LogP) is 2.62. The molecule has 1 saturated carbocycles. The minimum absolute atomic E-state index is 0.0133. The minimum atomic E-state index is -0.712. The monoisotopic (exact) mass is 454 g/mol. The van der Waals surface area contributed by atoms with Gasteiger partial charge in [0.1, 0.15) is 5.60 Å². The third-order valence-electron chi connectivity index (χ3n) is 6.92. The third kappa shape index (κ3) is 4.24. The highest BCUT2D eigenvalue weighted by molar-refractivity contribution is 7.09. The summed E-state index contributed by atoms with van der Waals surface area (Å²) in [5, 5.41) is 25.5. The molecule has 1 saturated heterocycles. The molecule has 2 aromatic heterocycles. The van der Waals surface area contributed by atoms with Gasteiger partial charge in [0.25, 0.3) is 0 Å². The Bertz CT molecular complexity index is 1070. The van der Waals surface area contributed by atoms with Crippen molar-refractivity contribution < 1.29 is 9.90 Å². The van der Waals surface area contributed by atoms with E-state index in [4.69, 9.17) is 0 Å². The van der Waals surface area contributed by atoms with Crippen LogP contribution in [0.15, 0.2) is 29.9 Å². The lowest BCUT2D eigenvalue weighted by atomic mass is 9.80. The number of amides is 1. The molecular formula is C23H30N6O2S. The largest absolute Gasteiger partial charge is 0.384 e. The van der Waals surface area contributed by atoms with Gasteiger partial charge in [0, 0.05) is 30.7 Å². The smallest absolute Gasteiger partial charge is 0.239 e. The van der Waals surface area contributed by atoms with Crippen LogP contribution in [-0.4, -0.2) is 62.8 Å². The molecule has 3 aromatic rings. The Morgan fingerprint density at radius 1 is 1.34 bits per heavy atom. The molecule has 2 aliphatic rings. The fourth-order valence-corrected chi connectivity index (χ4v) is 5.68. The Hall–Kier alpha value is -2.49. The van der Waals surface area contributed by atoms with Gasteiger partial charge in [0.05, 0.1) is 28.5 Å². The first kappa shape index (κ1) is 21.4. The molecule has 9 heteroatoms. The fourth-order valence-electron chi connectivity index (χ4n) is 4.90. The zero-order valence-corrected chi connectivity index (χ0v) is 19.1. The lowest BCUT2D eigenvalue weighted by molar-refractivity contribution is -0.121. The van der Waals surface area contributed by atoms with E-state index in [0.29, 0.717) is 6.04 Å². The summed E-state index contributed by atoms with van der Waals surface area (Å²) in [5.74, 6) is 0.706. The number of anilines is 1. The van der Waals surface area contributed by atoms with Crippen molar-refractivity contribution in [2.24, 2.45) is 0 Å². The quantitative estimate of drug-likeness (QED) is 0.437. The minimum Gasteiger partial charge on any atom is -0.384 e. The van der Waals surface area contributed by atoms with Gasteiger partial charge in [-0.05, 0) is 49.8 Å². The number of carbonyl (C=O) groups is 1. The highest BCUT2D eigenvalue weighted by Gasteiger charge is 2.40. The average molecular weight is 455 g/mol. The Balaban J connectivity index is 1.06. The second-order valence-corrected chi connectivity index (χ2v) is 9.89. The van der Waals surface area contributed by atoms with Gasteiger partial charge in [-0.1, -0.05) is 13.0 Å². The number of thiazole rings is 1. The van der Waals surface area contributed by atoms with E-state index in [-0.39, 0.29) is 18.5 Å². The number of aliphatic hydroxyl groups is 1. The van der Waals surface area contributed by atoms with Crippen LogP contribution in [0, 0.1) is 0 Å². The topological polar surface area (TPSA) is 106 Å². The van der Waals surface area contributed by atoms with Crippen LogP contribution in [0.1, 0.15) is 43.0 Å². The van der Waals surface area contributed by atoms with Crippen molar-refractivity contribution in [1.29, 1.82) is 0 Å². The zero-order valence-electron chi connectivity index (χ0n) is 18.3. The van der Waals surface area contributed by atoms with E-state index in [1.54, 1.807) is 11.7 Å². The molecule has 0 radical (unpaired) electrons. The number of fused-ring (bicyclic) bond motifs is 1. The van der Waals surface area contributed by atoms with Crippen molar-refractivity contribution in [2.75, 3.05) is 25.0 Å². The van der Waals surface area contributed by atoms with Crippen LogP contribution in [0.3, 0.4) is 0 Å². The van der Waals surface area contributed by atoms with Crippen molar-refractivity contribution in [3.8, 4) is 0 Å². The van der Waals surface area contributed by atoms with Crippen LogP contribution in [0.4, 0.5) is 5.82 Å². The summed E-state index contributed by atoms with van der Waals surface area (Å²) in [4.78, 5) is 20.0. The number of benzene rings is 1. The first-order chi connectivity index (χ1) is 15.5. The molecule has 3 heterocycles. The molecule has 1 aromatic carbocycles. The van der Waals surface area contributed by atoms with Crippen molar-refractivity contribution in [1.82, 2.24) is 25.4 Å². The SMILES string of the molecule is CCc1ccc2[nH]nc(NCC(=O)NC3CN(C4CCC(O)(c5cncs5)CC4)C3)c2c1. The van der Waals surface area contributed by atoms with Gasteiger partial charge in [0.15, 0.2) is 5.82 Å². The summed E-state index contributed by atoms with van der Waals surface area (Å²) in [6.07, 6.45) is 6.25. The molecule has 4 N–H and O–H groups in total. The van der Waals surface area contributed by atoms with E-state index in [1.165, 1.54) is 16.9 Å². The fraction of sp³-hybridized carbons (Fsp3) is 0.522. The zero-order chi connectivity index (χ0) is 22.1. The molecule has 1 amide bonds. The van der Waals surface area contributed by atoms with Crippen LogP contribution >= 0.6 is 11.3 Å². The summed E-state index contributed by atoms with van der Waals surface area (Å²) in [5.41, 5.74) is 3.29. The Morgan fingerprint density at radius 2 is 2.16 bits per heavy atom. The normalized spacial score (nSPS) is 24.4. The van der Waals surface area contributed by atoms with Crippen molar-refractivity contribution in [2.45, 2.75) is 56.7 Å². The van der Waals surface area contributed by atoms with Crippen molar-refractivity contribution in [3.63, 3.8) is 0 Å².